The Hall–Kier alpha value is -2.57. The zero-order valence-electron chi connectivity index (χ0n) is 14.1. The van der Waals surface area contributed by atoms with E-state index in [1.54, 1.807) is 6.21 Å². The molecule has 2 aromatic rings. The van der Waals surface area contributed by atoms with Crippen LogP contribution in [-0.4, -0.2) is 17.1 Å². The molecule has 25 heavy (non-hydrogen) atoms. The lowest BCUT2D eigenvalue weighted by atomic mass is 9.71. The van der Waals surface area contributed by atoms with E-state index in [1.165, 1.54) is 5.01 Å². The van der Waals surface area contributed by atoms with E-state index in [1.807, 2.05) is 54.6 Å². The maximum atomic E-state index is 13.4. The molecule has 1 unspecified atom stereocenters. The van der Waals surface area contributed by atoms with Crippen LogP contribution >= 0.6 is 11.6 Å². The number of benzene rings is 2. The minimum absolute atomic E-state index is 0.132. The van der Waals surface area contributed by atoms with Crippen LogP contribution in [-0.2, 0) is 10.2 Å². The Kier molecular flexibility index (Phi) is 5.21. The summed E-state index contributed by atoms with van der Waals surface area (Å²) in [4.78, 5) is 13.4. The molecule has 3 nitrogen and oxygen atoms in total. The van der Waals surface area contributed by atoms with Crippen molar-refractivity contribution in [2.24, 2.45) is 5.10 Å². The van der Waals surface area contributed by atoms with Crippen LogP contribution < -0.4 is 0 Å². The van der Waals surface area contributed by atoms with Gasteiger partial charge in [0.25, 0.3) is 5.91 Å². The van der Waals surface area contributed by atoms with Crippen LogP contribution in [0.4, 0.5) is 0 Å². The van der Waals surface area contributed by atoms with Crippen LogP contribution in [0.25, 0.3) is 0 Å². The van der Waals surface area contributed by atoms with E-state index in [0.717, 1.165) is 24.0 Å². The first kappa shape index (κ1) is 17.3. The van der Waals surface area contributed by atoms with Crippen molar-refractivity contribution in [3.63, 3.8) is 0 Å². The highest BCUT2D eigenvalue weighted by molar-refractivity contribution is 6.30. The van der Waals surface area contributed by atoms with E-state index in [0.29, 0.717) is 11.4 Å². The normalized spacial score (nSPS) is 19.4. The summed E-state index contributed by atoms with van der Waals surface area (Å²) in [5, 5.41) is 6.13. The molecule has 0 spiro atoms. The minimum Gasteiger partial charge on any atom is -0.270 e. The van der Waals surface area contributed by atoms with Crippen molar-refractivity contribution in [1.82, 2.24) is 5.01 Å². The Morgan fingerprint density at radius 1 is 1.12 bits per heavy atom. The third-order valence-electron chi connectivity index (χ3n) is 4.32. The first-order valence-corrected chi connectivity index (χ1v) is 8.73. The highest BCUT2D eigenvalue weighted by Crippen LogP contribution is 2.39. The summed E-state index contributed by atoms with van der Waals surface area (Å²) in [5.41, 5.74) is 0.978. The number of unbranched alkanes of at least 4 members (excludes halogenated alkanes) is 1. The molecule has 0 N–H and O–H groups in total. The third kappa shape index (κ3) is 3.31. The average Bonchev–Trinajstić information content (AvgIpc) is 2.65. The van der Waals surface area contributed by atoms with Crippen LogP contribution in [0.5, 0.6) is 0 Å². The molecular formula is C21H19ClN2O. The molecule has 1 amide bonds. The molecule has 1 aliphatic rings. The molecule has 0 saturated carbocycles. The molecule has 3 rings (SSSR count). The summed E-state index contributed by atoms with van der Waals surface area (Å²) in [5.74, 6) is 2.87. The highest BCUT2D eigenvalue weighted by Gasteiger charge is 2.46. The van der Waals surface area contributed by atoms with Gasteiger partial charge in [0.05, 0.1) is 0 Å². The molecule has 0 bridgehead atoms. The number of hydrogen-bond acceptors (Lipinski definition) is 2. The lowest BCUT2D eigenvalue weighted by Gasteiger charge is -2.36. The Morgan fingerprint density at radius 2 is 1.80 bits per heavy atom. The second-order valence-corrected chi connectivity index (χ2v) is 6.37. The molecule has 0 saturated heterocycles. The first-order valence-electron chi connectivity index (χ1n) is 8.35. The van der Waals surface area contributed by atoms with Gasteiger partial charge in [-0.05, 0) is 29.7 Å². The third-order valence-corrected chi connectivity index (χ3v) is 4.57. The van der Waals surface area contributed by atoms with Crippen molar-refractivity contribution in [3.05, 3.63) is 70.7 Å². The average molecular weight is 351 g/mol. The molecule has 0 radical (unpaired) electrons. The summed E-state index contributed by atoms with van der Waals surface area (Å²) in [7, 11) is 0. The molecule has 1 heterocycles. The second kappa shape index (κ2) is 7.55. The van der Waals surface area contributed by atoms with Gasteiger partial charge in [-0.2, -0.15) is 10.1 Å². The topological polar surface area (TPSA) is 32.7 Å². The van der Waals surface area contributed by atoms with E-state index < -0.39 is 5.41 Å². The molecule has 1 aliphatic heterocycles. The standard InChI is InChI=1S/C21H19ClN2O/c1-2-3-7-16-24-20(25)21(14-15-23-24,17-8-5-4-6-9-17)18-10-12-19(22)13-11-18/h4-6,8-13,15H,2-3,14H2,1H3. The SMILES string of the molecule is CCCC#CN1N=CCC(c2ccccc2)(c2ccc(Cl)cc2)C1=O. The van der Waals surface area contributed by atoms with Crippen LogP contribution in [0.3, 0.4) is 0 Å². The molecule has 126 valence electrons. The van der Waals surface area contributed by atoms with E-state index in [4.69, 9.17) is 11.6 Å². The van der Waals surface area contributed by atoms with E-state index in [-0.39, 0.29) is 5.91 Å². The van der Waals surface area contributed by atoms with Crippen molar-refractivity contribution in [2.75, 3.05) is 0 Å². The van der Waals surface area contributed by atoms with E-state index in [9.17, 15) is 4.79 Å². The number of hydrogen-bond donors (Lipinski definition) is 0. The molecule has 0 aliphatic carbocycles. The summed E-state index contributed by atoms with van der Waals surface area (Å²) < 4.78 is 0. The van der Waals surface area contributed by atoms with Gasteiger partial charge in [-0.3, -0.25) is 4.79 Å². The van der Waals surface area contributed by atoms with Crippen molar-refractivity contribution < 1.29 is 4.79 Å². The largest absolute Gasteiger partial charge is 0.270 e. The van der Waals surface area contributed by atoms with Crippen LogP contribution in [0.1, 0.15) is 37.3 Å². The summed E-state index contributed by atoms with van der Waals surface area (Å²) in [6, 6.07) is 20.1. The van der Waals surface area contributed by atoms with E-state index >= 15 is 0 Å². The number of hydrazone groups is 1. The van der Waals surface area contributed by atoms with Crippen molar-refractivity contribution >= 4 is 23.7 Å². The van der Waals surface area contributed by atoms with Gasteiger partial charge in [-0.15, -0.1) is 0 Å². The Morgan fingerprint density at radius 3 is 2.48 bits per heavy atom. The van der Waals surface area contributed by atoms with Gasteiger partial charge in [-0.1, -0.05) is 66.9 Å². The predicted octanol–water partition coefficient (Wildman–Crippen LogP) is 4.61. The van der Waals surface area contributed by atoms with Gasteiger partial charge < -0.3 is 0 Å². The Bertz CT molecular complexity index is 834. The van der Waals surface area contributed by atoms with Crippen LogP contribution in [0.15, 0.2) is 59.7 Å². The first-order chi connectivity index (χ1) is 12.2. The zero-order valence-corrected chi connectivity index (χ0v) is 14.8. The summed E-state index contributed by atoms with van der Waals surface area (Å²) in [6.07, 6.45) is 3.94. The van der Waals surface area contributed by atoms with Gasteiger partial charge in [-0.25, -0.2) is 0 Å². The summed E-state index contributed by atoms with van der Waals surface area (Å²) >= 11 is 6.05. The second-order valence-electron chi connectivity index (χ2n) is 5.94. The molecule has 4 heteroatoms. The fourth-order valence-electron chi connectivity index (χ4n) is 3.02. The Labute approximate surface area is 153 Å². The maximum absolute atomic E-state index is 13.4. The molecular weight excluding hydrogens is 332 g/mol. The number of carbonyl (C=O) groups excluding carboxylic acids is 1. The number of halogens is 1. The highest BCUT2D eigenvalue weighted by atomic mass is 35.5. The number of nitrogens with zero attached hydrogens (tertiary/aromatic N) is 2. The van der Waals surface area contributed by atoms with Gasteiger partial charge in [0, 0.05) is 30.1 Å². The predicted molar refractivity (Wildman–Crippen MR) is 101 cm³/mol. The lowest BCUT2D eigenvalue weighted by molar-refractivity contribution is -0.133. The van der Waals surface area contributed by atoms with Gasteiger partial charge in [0.2, 0.25) is 0 Å². The minimum atomic E-state index is -0.839. The number of amides is 1. The fourth-order valence-corrected chi connectivity index (χ4v) is 3.15. The fraction of sp³-hybridized carbons (Fsp3) is 0.238. The number of rotatable bonds is 3. The van der Waals surface area contributed by atoms with Crippen molar-refractivity contribution in [1.29, 1.82) is 0 Å². The molecule has 0 aromatic heterocycles. The van der Waals surface area contributed by atoms with Crippen molar-refractivity contribution in [3.8, 4) is 12.0 Å². The van der Waals surface area contributed by atoms with Gasteiger partial charge in [0.1, 0.15) is 5.41 Å². The zero-order chi connectivity index (χ0) is 17.7. The molecule has 0 fully saturated rings. The maximum Gasteiger partial charge on any atom is 0.270 e. The van der Waals surface area contributed by atoms with Gasteiger partial charge in [0.15, 0.2) is 0 Å². The summed E-state index contributed by atoms with van der Waals surface area (Å²) in [6.45, 7) is 2.05. The lowest BCUT2D eigenvalue weighted by Crippen LogP contribution is -2.47. The van der Waals surface area contributed by atoms with E-state index in [2.05, 4.69) is 24.0 Å². The Balaban J connectivity index is 2.13. The van der Waals surface area contributed by atoms with Gasteiger partial charge >= 0.3 is 0 Å². The quantitative estimate of drug-likeness (QED) is 0.744. The smallest absolute Gasteiger partial charge is 0.270 e. The number of carbonyl (C=O) groups is 1. The van der Waals surface area contributed by atoms with Crippen LogP contribution in [0, 0.1) is 12.0 Å². The van der Waals surface area contributed by atoms with Crippen LogP contribution in [0.2, 0.25) is 5.02 Å². The molecule has 1 atom stereocenters. The van der Waals surface area contributed by atoms with Crippen molar-refractivity contribution in [2.45, 2.75) is 31.6 Å². The monoisotopic (exact) mass is 350 g/mol. The molecule has 2 aromatic carbocycles.